The number of hydrogen-bond acceptors (Lipinski definition) is 4. The van der Waals surface area contributed by atoms with Crippen LogP contribution in [0.4, 0.5) is 5.82 Å². The first-order chi connectivity index (χ1) is 8.19. The zero-order valence-electron chi connectivity index (χ0n) is 9.96. The summed E-state index contributed by atoms with van der Waals surface area (Å²) >= 11 is 0. The molecule has 2 N–H and O–H groups in total. The van der Waals surface area contributed by atoms with Crippen LogP contribution in [0, 0.1) is 0 Å². The highest BCUT2D eigenvalue weighted by Gasteiger charge is 2.10. The summed E-state index contributed by atoms with van der Waals surface area (Å²) in [5.41, 5.74) is 0.217. The van der Waals surface area contributed by atoms with Crippen molar-refractivity contribution in [3.63, 3.8) is 0 Å². The molecule has 0 saturated heterocycles. The van der Waals surface area contributed by atoms with Crippen molar-refractivity contribution >= 4 is 11.8 Å². The first-order valence-corrected chi connectivity index (χ1v) is 5.74. The highest BCUT2D eigenvalue weighted by molar-refractivity contribution is 5.88. The fourth-order valence-electron chi connectivity index (χ4n) is 1.53. The quantitative estimate of drug-likeness (QED) is 0.750. The van der Waals surface area contributed by atoms with Crippen molar-refractivity contribution in [1.29, 1.82) is 0 Å². The van der Waals surface area contributed by atoms with Gasteiger partial charge in [-0.25, -0.2) is 9.78 Å². The highest BCUT2D eigenvalue weighted by Crippen LogP contribution is 2.13. The zero-order valence-corrected chi connectivity index (χ0v) is 9.96. The van der Waals surface area contributed by atoms with Crippen LogP contribution in [-0.4, -0.2) is 40.9 Å². The van der Waals surface area contributed by atoms with Crippen molar-refractivity contribution in [1.82, 2.24) is 4.98 Å². The van der Waals surface area contributed by atoms with E-state index in [0.717, 1.165) is 19.4 Å². The molecule has 0 unspecified atom stereocenters. The Morgan fingerprint density at radius 1 is 1.47 bits per heavy atom. The highest BCUT2D eigenvalue weighted by atomic mass is 16.4. The molecule has 0 aliphatic carbocycles. The summed E-state index contributed by atoms with van der Waals surface area (Å²) in [6, 6.07) is 3.00. The van der Waals surface area contributed by atoms with E-state index in [9.17, 15) is 4.79 Å². The lowest BCUT2D eigenvalue weighted by molar-refractivity contribution is 0.0697. The van der Waals surface area contributed by atoms with Crippen molar-refractivity contribution in [2.24, 2.45) is 0 Å². The van der Waals surface area contributed by atoms with Crippen LogP contribution in [0.25, 0.3) is 0 Å². The van der Waals surface area contributed by atoms with E-state index in [0.29, 0.717) is 12.4 Å². The number of aromatic nitrogens is 1. The molecule has 0 fully saturated rings. The molecule has 1 aromatic rings. The largest absolute Gasteiger partial charge is 0.478 e. The number of nitrogens with zero attached hydrogens (tertiary/aromatic N) is 2. The standard InChI is InChI=1S/C12H18N2O3/c1-2-3-6-14(7-8-15)11-9-10(12(16)17)4-5-13-11/h4-5,9,15H,2-3,6-8H2,1H3,(H,16,17). The number of aliphatic hydroxyl groups is 1. The normalized spacial score (nSPS) is 10.2. The number of rotatable bonds is 7. The maximum atomic E-state index is 10.9. The molecule has 1 rings (SSSR count). The van der Waals surface area contributed by atoms with Gasteiger partial charge in [0.25, 0.3) is 0 Å². The van der Waals surface area contributed by atoms with Gasteiger partial charge >= 0.3 is 5.97 Å². The van der Waals surface area contributed by atoms with Crippen LogP contribution in [0.15, 0.2) is 18.3 Å². The summed E-state index contributed by atoms with van der Waals surface area (Å²) in [6.07, 6.45) is 3.51. The van der Waals surface area contributed by atoms with E-state index in [-0.39, 0.29) is 12.2 Å². The van der Waals surface area contributed by atoms with Gasteiger partial charge in [0.15, 0.2) is 0 Å². The molecular formula is C12H18N2O3. The summed E-state index contributed by atoms with van der Waals surface area (Å²) in [4.78, 5) is 16.9. The molecule has 0 aliphatic heterocycles. The molecule has 94 valence electrons. The molecule has 0 aromatic carbocycles. The van der Waals surface area contributed by atoms with Crippen LogP contribution in [-0.2, 0) is 0 Å². The molecule has 0 spiro atoms. The van der Waals surface area contributed by atoms with Crippen LogP contribution >= 0.6 is 0 Å². The summed E-state index contributed by atoms with van der Waals surface area (Å²) in [5, 5.41) is 17.9. The molecule has 0 saturated carbocycles. The Kier molecular flexibility index (Phi) is 5.42. The minimum atomic E-state index is -0.965. The third-order valence-electron chi connectivity index (χ3n) is 2.47. The van der Waals surface area contributed by atoms with Crippen molar-refractivity contribution in [2.45, 2.75) is 19.8 Å². The molecule has 17 heavy (non-hydrogen) atoms. The molecule has 1 aromatic heterocycles. The number of pyridine rings is 1. The fraction of sp³-hybridized carbons (Fsp3) is 0.500. The van der Waals surface area contributed by atoms with Crippen LogP contribution in [0.3, 0.4) is 0 Å². The predicted molar refractivity (Wildman–Crippen MR) is 65.4 cm³/mol. The number of hydrogen-bond donors (Lipinski definition) is 2. The van der Waals surface area contributed by atoms with Gasteiger partial charge in [-0.2, -0.15) is 0 Å². The van der Waals surface area contributed by atoms with Gasteiger partial charge in [0.2, 0.25) is 0 Å². The minimum absolute atomic E-state index is 0.0304. The van der Waals surface area contributed by atoms with E-state index in [2.05, 4.69) is 11.9 Å². The van der Waals surface area contributed by atoms with Gasteiger partial charge < -0.3 is 15.1 Å². The van der Waals surface area contributed by atoms with Gasteiger partial charge in [-0.1, -0.05) is 13.3 Å². The van der Waals surface area contributed by atoms with E-state index in [1.54, 1.807) is 0 Å². The van der Waals surface area contributed by atoms with Crippen molar-refractivity contribution in [3.05, 3.63) is 23.9 Å². The van der Waals surface area contributed by atoms with E-state index < -0.39 is 5.97 Å². The lowest BCUT2D eigenvalue weighted by Gasteiger charge is -2.22. The average molecular weight is 238 g/mol. The molecule has 1 heterocycles. The molecule has 0 aliphatic rings. The number of carbonyl (C=O) groups is 1. The first kappa shape index (κ1) is 13.4. The monoisotopic (exact) mass is 238 g/mol. The van der Waals surface area contributed by atoms with E-state index in [1.165, 1.54) is 18.3 Å². The van der Waals surface area contributed by atoms with Gasteiger partial charge in [0.05, 0.1) is 12.2 Å². The molecular weight excluding hydrogens is 220 g/mol. The average Bonchev–Trinajstić information content (AvgIpc) is 2.34. The summed E-state index contributed by atoms with van der Waals surface area (Å²) in [6.45, 7) is 3.35. The number of anilines is 1. The van der Waals surface area contributed by atoms with Crippen LogP contribution < -0.4 is 4.90 Å². The second-order valence-electron chi connectivity index (χ2n) is 3.77. The summed E-state index contributed by atoms with van der Waals surface area (Å²) < 4.78 is 0. The second kappa shape index (κ2) is 6.85. The Bertz CT molecular complexity index is 369. The molecule has 0 amide bonds. The Hall–Kier alpha value is -1.62. The van der Waals surface area contributed by atoms with Gasteiger partial charge in [-0.05, 0) is 18.6 Å². The second-order valence-corrected chi connectivity index (χ2v) is 3.77. The van der Waals surface area contributed by atoms with Gasteiger partial charge in [-0.3, -0.25) is 0 Å². The molecule has 0 bridgehead atoms. The molecule has 0 atom stereocenters. The van der Waals surface area contributed by atoms with Crippen LogP contribution in [0.1, 0.15) is 30.1 Å². The summed E-state index contributed by atoms with van der Waals surface area (Å²) in [5.74, 6) is -0.361. The minimum Gasteiger partial charge on any atom is -0.478 e. The fourth-order valence-corrected chi connectivity index (χ4v) is 1.53. The number of aromatic carboxylic acids is 1. The topological polar surface area (TPSA) is 73.7 Å². The zero-order chi connectivity index (χ0) is 12.7. The molecule has 0 radical (unpaired) electrons. The third-order valence-corrected chi connectivity index (χ3v) is 2.47. The van der Waals surface area contributed by atoms with Gasteiger partial charge in [0, 0.05) is 19.3 Å². The number of carboxylic acid groups (broad SMARTS) is 1. The van der Waals surface area contributed by atoms with Gasteiger partial charge in [0.1, 0.15) is 5.82 Å². The van der Waals surface area contributed by atoms with Crippen molar-refractivity contribution < 1.29 is 15.0 Å². The maximum absolute atomic E-state index is 10.9. The first-order valence-electron chi connectivity index (χ1n) is 5.74. The Labute approximate surface area is 101 Å². The van der Waals surface area contributed by atoms with Crippen LogP contribution in [0.5, 0.6) is 0 Å². The maximum Gasteiger partial charge on any atom is 0.335 e. The summed E-state index contributed by atoms with van der Waals surface area (Å²) in [7, 11) is 0. The number of carboxylic acids is 1. The number of unbranched alkanes of at least 4 members (excludes halogenated alkanes) is 1. The molecule has 5 nitrogen and oxygen atoms in total. The third kappa shape index (κ3) is 4.03. The number of aliphatic hydroxyl groups excluding tert-OH is 1. The van der Waals surface area contributed by atoms with Crippen molar-refractivity contribution in [2.75, 3.05) is 24.6 Å². The van der Waals surface area contributed by atoms with E-state index in [4.69, 9.17) is 10.2 Å². The smallest absolute Gasteiger partial charge is 0.335 e. The van der Waals surface area contributed by atoms with Crippen molar-refractivity contribution in [3.8, 4) is 0 Å². The Balaban J connectivity index is 2.84. The Morgan fingerprint density at radius 3 is 2.82 bits per heavy atom. The van der Waals surface area contributed by atoms with Gasteiger partial charge in [-0.15, -0.1) is 0 Å². The van der Waals surface area contributed by atoms with Crippen LogP contribution in [0.2, 0.25) is 0 Å². The van der Waals surface area contributed by atoms with E-state index in [1.807, 2.05) is 4.90 Å². The van der Waals surface area contributed by atoms with E-state index >= 15 is 0 Å². The Morgan fingerprint density at radius 2 is 2.24 bits per heavy atom. The lowest BCUT2D eigenvalue weighted by atomic mass is 10.2. The lowest BCUT2D eigenvalue weighted by Crippen LogP contribution is -2.28. The SMILES string of the molecule is CCCCN(CCO)c1cc(C(=O)O)ccn1. The predicted octanol–water partition coefficient (Wildman–Crippen LogP) is 1.38. The molecule has 5 heteroatoms.